The summed E-state index contributed by atoms with van der Waals surface area (Å²) in [5, 5.41) is 16.6. The Labute approximate surface area is 219 Å². The van der Waals surface area contributed by atoms with Gasteiger partial charge in [0.25, 0.3) is 0 Å². The van der Waals surface area contributed by atoms with E-state index in [9.17, 15) is 19.5 Å². The van der Waals surface area contributed by atoms with Gasteiger partial charge >= 0.3 is 0 Å². The third kappa shape index (κ3) is 4.91. The molecule has 3 amide bonds. The van der Waals surface area contributed by atoms with Crippen LogP contribution in [-0.4, -0.2) is 62.5 Å². The van der Waals surface area contributed by atoms with E-state index in [0.717, 1.165) is 31.2 Å². The summed E-state index contributed by atoms with van der Waals surface area (Å²) >= 11 is 1.67. The van der Waals surface area contributed by atoms with Crippen molar-refractivity contribution in [3.63, 3.8) is 0 Å². The fraction of sp³-hybridized carbons (Fsp3) is 0.679. The van der Waals surface area contributed by atoms with E-state index in [1.807, 2.05) is 37.3 Å². The highest BCUT2D eigenvalue weighted by molar-refractivity contribution is 8.02. The van der Waals surface area contributed by atoms with Crippen LogP contribution in [0.4, 0.5) is 0 Å². The number of hydrogen-bond acceptors (Lipinski definition) is 5. The van der Waals surface area contributed by atoms with Crippen LogP contribution in [0.15, 0.2) is 30.3 Å². The standard InChI is InChI=1S/C28H41N3O4S/c1-5-9-18(4)30-26(34)24-28-13-12-21(36-28)22(25(33)29-15-19-10-7-6-8-11-19)23(28)27(35)31(24)20(16-32)14-17(2)3/h6-8,10-11,17-18,20-24,32H,5,9,12-16H2,1-4H3,(H,29,33)(H,30,34)/t18?,20-,21+,22-,23+,24?,28?/m1/s1. The van der Waals surface area contributed by atoms with Crippen LogP contribution in [0.25, 0.3) is 0 Å². The Kier molecular flexibility index (Phi) is 8.35. The van der Waals surface area contributed by atoms with Crippen LogP contribution in [0.2, 0.25) is 0 Å². The van der Waals surface area contributed by atoms with Gasteiger partial charge in [-0.3, -0.25) is 14.4 Å². The number of rotatable bonds is 11. The van der Waals surface area contributed by atoms with E-state index in [2.05, 4.69) is 31.4 Å². The fourth-order valence-electron chi connectivity index (χ4n) is 6.63. The zero-order valence-electron chi connectivity index (χ0n) is 21.9. The molecule has 1 aromatic carbocycles. The normalized spacial score (nSPS) is 30.4. The molecule has 0 radical (unpaired) electrons. The highest BCUT2D eigenvalue weighted by Crippen LogP contribution is 2.66. The minimum Gasteiger partial charge on any atom is -0.394 e. The zero-order valence-corrected chi connectivity index (χ0v) is 22.7. The molecular formula is C28H41N3O4S. The number of aliphatic hydroxyl groups is 1. The Morgan fingerprint density at radius 3 is 2.56 bits per heavy atom. The van der Waals surface area contributed by atoms with E-state index in [1.54, 1.807) is 16.7 Å². The van der Waals surface area contributed by atoms with Gasteiger partial charge in [-0.2, -0.15) is 0 Å². The maximum absolute atomic E-state index is 14.1. The number of carbonyl (C=O) groups excluding carboxylic acids is 3. The lowest BCUT2D eigenvalue weighted by molar-refractivity contribution is -0.143. The summed E-state index contributed by atoms with van der Waals surface area (Å²) in [4.78, 5) is 43.1. The van der Waals surface area contributed by atoms with Crippen LogP contribution in [-0.2, 0) is 20.9 Å². The molecule has 1 spiro atoms. The first-order valence-electron chi connectivity index (χ1n) is 13.5. The highest BCUT2D eigenvalue weighted by Gasteiger charge is 2.74. The first-order valence-corrected chi connectivity index (χ1v) is 14.3. The molecule has 0 aromatic heterocycles. The minimum atomic E-state index is -0.674. The van der Waals surface area contributed by atoms with Crippen molar-refractivity contribution in [1.82, 2.24) is 15.5 Å². The molecular weight excluding hydrogens is 474 g/mol. The number of carbonyl (C=O) groups is 3. The maximum Gasteiger partial charge on any atom is 0.244 e. The van der Waals surface area contributed by atoms with Crippen molar-refractivity contribution in [2.24, 2.45) is 17.8 Å². The lowest BCUT2D eigenvalue weighted by Gasteiger charge is -2.38. The smallest absolute Gasteiger partial charge is 0.244 e. The van der Waals surface area contributed by atoms with Gasteiger partial charge in [-0.15, -0.1) is 11.8 Å². The largest absolute Gasteiger partial charge is 0.394 e. The molecule has 0 aliphatic carbocycles. The van der Waals surface area contributed by atoms with Crippen molar-refractivity contribution in [3.8, 4) is 0 Å². The molecule has 2 bridgehead atoms. The zero-order chi connectivity index (χ0) is 26.0. The summed E-state index contributed by atoms with van der Waals surface area (Å²) in [5.41, 5.74) is 1.01. The van der Waals surface area contributed by atoms with E-state index < -0.39 is 28.7 Å². The summed E-state index contributed by atoms with van der Waals surface area (Å²) in [6.07, 6.45) is 3.97. The third-order valence-electron chi connectivity index (χ3n) is 8.06. The molecule has 3 aliphatic heterocycles. The van der Waals surface area contributed by atoms with Gasteiger partial charge < -0.3 is 20.6 Å². The molecule has 1 aromatic rings. The maximum atomic E-state index is 14.1. The number of likely N-dealkylation sites (tertiary alicyclic amines) is 1. The molecule has 7 nitrogen and oxygen atoms in total. The second-order valence-electron chi connectivity index (χ2n) is 11.2. The lowest BCUT2D eigenvalue weighted by atomic mass is 9.70. The van der Waals surface area contributed by atoms with Gasteiger partial charge in [-0.05, 0) is 44.1 Å². The van der Waals surface area contributed by atoms with Crippen molar-refractivity contribution >= 4 is 29.5 Å². The number of benzene rings is 1. The number of nitrogens with zero attached hydrogens (tertiary/aromatic N) is 1. The van der Waals surface area contributed by atoms with E-state index >= 15 is 0 Å². The van der Waals surface area contributed by atoms with Crippen LogP contribution in [0.5, 0.6) is 0 Å². The fourth-order valence-corrected chi connectivity index (χ4v) is 8.84. The molecule has 36 heavy (non-hydrogen) atoms. The Balaban J connectivity index is 1.64. The second-order valence-corrected chi connectivity index (χ2v) is 12.8. The summed E-state index contributed by atoms with van der Waals surface area (Å²) in [5.74, 6) is -1.16. The van der Waals surface area contributed by atoms with Crippen LogP contribution in [0.1, 0.15) is 65.4 Å². The molecule has 4 rings (SSSR count). The molecule has 3 fully saturated rings. The molecule has 0 saturated carbocycles. The van der Waals surface area contributed by atoms with Gasteiger partial charge in [0, 0.05) is 17.8 Å². The average molecular weight is 516 g/mol. The summed E-state index contributed by atoms with van der Waals surface area (Å²) < 4.78 is -0.628. The van der Waals surface area contributed by atoms with E-state index in [-0.39, 0.29) is 41.5 Å². The van der Waals surface area contributed by atoms with Crippen molar-refractivity contribution < 1.29 is 19.5 Å². The number of amides is 3. The van der Waals surface area contributed by atoms with Crippen molar-refractivity contribution in [2.75, 3.05) is 6.61 Å². The molecule has 3 unspecified atom stereocenters. The highest BCUT2D eigenvalue weighted by atomic mass is 32.2. The van der Waals surface area contributed by atoms with Gasteiger partial charge in [0.05, 0.1) is 29.2 Å². The van der Waals surface area contributed by atoms with E-state index in [4.69, 9.17) is 0 Å². The van der Waals surface area contributed by atoms with Crippen LogP contribution in [0, 0.1) is 17.8 Å². The van der Waals surface area contributed by atoms with Crippen molar-refractivity contribution in [2.45, 2.75) is 94.5 Å². The SMILES string of the molecule is CCCC(C)NC(=O)C1N([C@@H](CO)CC(C)C)C(=O)[C@@H]2[C@H](C(=O)NCc3ccccc3)[C@@H]3CCC12S3. The number of nitrogens with one attached hydrogen (secondary N) is 2. The predicted molar refractivity (Wildman–Crippen MR) is 142 cm³/mol. The molecule has 8 heteroatoms. The van der Waals surface area contributed by atoms with Gasteiger partial charge in [0.1, 0.15) is 6.04 Å². The number of hydrogen-bond donors (Lipinski definition) is 3. The second kappa shape index (κ2) is 11.1. The number of thioether (sulfide) groups is 1. The van der Waals surface area contributed by atoms with Gasteiger partial charge in [0.15, 0.2) is 0 Å². The average Bonchev–Trinajstić information content (AvgIpc) is 3.49. The Bertz CT molecular complexity index is 957. The first-order chi connectivity index (χ1) is 17.2. The Morgan fingerprint density at radius 1 is 1.19 bits per heavy atom. The first kappa shape index (κ1) is 27.0. The minimum absolute atomic E-state index is 0.00106. The predicted octanol–water partition coefficient (Wildman–Crippen LogP) is 3.11. The van der Waals surface area contributed by atoms with Crippen LogP contribution >= 0.6 is 11.8 Å². The lowest BCUT2D eigenvalue weighted by Crippen LogP contribution is -2.57. The van der Waals surface area contributed by atoms with E-state index in [1.165, 1.54) is 0 Å². The van der Waals surface area contributed by atoms with Crippen molar-refractivity contribution in [3.05, 3.63) is 35.9 Å². The quantitative estimate of drug-likeness (QED) is 0.421. The molecule has 7 atom stereocenters. The number of aliphatic hydroxyl groups excluding tert-OH is 1. The Morgan fingerprint density at radius 2 is 1.92 bits per heavy atom. The van der Waals surface area contributed by atoms with Crippen molar-refractivity contribution in [1.29, 1.82) is 0 Å². The molecule has 3 heterocycles. The molecule has 3 N–H and O–H groups in total. The van der Waals surface area contributed by atoms with Gasteiger partial charge in [-0.25, -0.2) is 0 Å². The van der Waals surface area contributed by atoms with E-state index in [0.29, 0.717) is 13.0 Å². The van der Waals surface area contributed by atoms with Gasteiger partial charge in [-0.1, -0.05) is 57.5 Å². The summed E-state index contributed by atoms with van der Waals surface area (Å²) in [6, 6.07) is 8.64. The summed E-state index contributed by atoms with van der Waals surface area (Å²) in [7, 11) is 0. The monoisotopic (exact) mass is 515 g/mol. The van der Waals surface area contributed by atoms with Crippen LogP contribution < -0.4 is 10.6 Å². The molecule has 3 aliphatic rings. The van der Waals surface area contributed by atoms with Gasteiger partial charge in [0.2, 0.25) is 17.7 Å². The summed E-state index contributed by atoms with van der Waals surface area (Å²) in [6.45, 7) is 8.41. The van der Waals surface area contributed by atoms with Crippen LogP contribution in [0.3, 0.4) is 0 Å². The molecule has 3 saturated heterocycles. The number of fused-ring (bicyclic) bond motifs is 1. The Hall–Kier alpha value is -2.06. The molecule has 198 valence electrons. The topological polar surface area (TPSA) is 98.7 Å². The third-order valence-corrected chi connectivity index (χ3v) is 10.0.